The maximum absolute atomic E-state index is 12.6. The average Bonchev–Trinajstić information content (AvgIpc) is 3.05. The van der Waals surface area contributed by atoms with E-state index < -0.39 is 10.0 Å². The van der Waals surface area contributed by atoms with Crippen LogP contribution < -0.4 is 0 Å². The molecule has 0 radical (unpaired) electrons. The van der Waals surface area contributed by atoms with E-state index in [4.69, 9.17) is 4.74 Å². The molecule has 0 saturated carbocycles. The van der Waals surface area contributed by atoms with E-state index in [0.29, 0.717) is 19.7 Å². The van der Waals surface area contributed by atoms with Gasteiger partial charge in [-0.25, -0.2) is 8.42 Å². The van der Waals surface area contributed by atoms with Crippen molar-refractivity contribution in [2.75, 3.05) is 19.7 Å². The summed E-state index contributed by atoms with van der Waals surface area (Å²) in [5.74, 6) is 0.0226. The van der Waals surface area contributed by atoms with Crippen molar-refractivity contribution in [3.63, 3.8) is 0 Å². The summed E-state index contributed by atoms with van der Waals surface area (Å²) in [6.07, 6.45) is 3.41. The fourth-order valence-electron chi connectivity index (χ4n) is 2.67. The Morgan fingerprint density at radius 3 is 2.78 bits per heavy atom. The molecule has 0 unspecified atom stereocenters. The summed E-state index contributed by atoms with van der Waals surface area (Å²) >= 11 is 0. The molecule has 0 N–H and O–H groups in total. The Bertz CT molecular complexity index is 743. The second-order valence-electron chi connectivity index (χ2n) is 5.59. The Kier molecular flexibility index (Phi) is 4.79. The van der Waals surface area contributed by atoms with Crippen LogP contribution in [-0.2, 0) is 27.1 Å². The van der Waals surface area contributed by atoms with E-state index in [-0.39, 0.29) is 11.9 Å². The highest BCUT2D eigenvalue weighted by Crippen LogP contribution is 2.24. The van der Waals surface area contributed by atoms with Gasteiger partial charge in [-0.1, -0.05) is 30.3 Å². The number of hydrogen-bond donors (Lipinski definition) is 0. The van der Waals surface area contributed by atoms with Crippen LogP contribution in [0.25, 0.3) is 0 Å². The van der Waals surface area contributed by atoms with E-state index in [1.807, 2.05) is 48.1 Å². The predicted molar refractivity (Wildman–Crippen MR) is 87.2 cm³/mol. The molecule has 7 heteroatoms. The fourth-order valence-corrected chi connectivity index (χ4v) is 4.19. The van der Waals surface area contributed by atoms with Crippen molar-refractivity contribution in [1.82, 2.24) is 14.1 Å². The van der Waals surface area contributed by atoms with Gasteiger partial charge in [0.25, 0.3) is 0 Å². The molecular formula is C16H21N3O3S. The first-order chi connectivity index (χ1) is 11.1. The monoisotopic (exact) mass is 335 g/mol. The van der Waals surface area contributed by atoms with Gasteiger partial charge in [-0.2, -0.15) is 9.40 Å². The molecule has 1 aliphatic rings. The van der Waals surface area contributed by atoms with Gasteiger partial charge < -0.3 is 4.74 Å². The topological polar surface area (TPSA) is 64.4 Å². The van der Waals surface area contributed by atoms with Crippen LogP contribution in [0.4, 0.5) is 0 Å². The lowest BCUT2D eigenvalue weighted by Gasteiger charge is -2.31. The zero-order valence-electron chi connectivity index (χ0n) is 13.1. The van der Waals surface area contributed by atoms with Gasteiger partial charge >= 0.3 is 0 Å². The molecule has 1 saturated heterocycles. The van der Waals surface area contributed by atoms with Gasteiger partial charge in [0.1, 0.15) is 0 Å². The zero-order chi connectivity index (χ0) is 16.3. The molecule has 3 rings (SSSR count). The molecule has 1 aliphatic heterocycles. The van der Waals surface area contributed by atoms with Gasteiger partial charge in [0.2, 0.25) is 10.0 Å². The molecule has 23 heavy (non-hydrogen) atoms. The fraction of sp³-hybridized carbons (Fsp3) is 0.438. The highest BCUT2D eigenvalue weighted by Gasteiger charge is 2.30. The normalized spacial score (nSPS) is 19.8. The van der Waals surface area contributed by atoms with Crippen molar-refractivity contribution in [1.29, 1.82) is 0 Å². The standard InChI is InChI=1S/C16H21N3O3S/c1-2-18-11-15(10-17-18)16-12-19(8-9-22-16)23(20,21)13-14-6-4-3-5-7-14/h3-7,10-11,16H,2,8-9,12-13H2,1H3/t16-/m0/s1. The summed E-state index contributed by atoms with van der Waals surface area (Å²) < 4.78 is 34.4. The van der Waals surface area contributed by atoms with Crippen LogP contribution in [0.3, 0.4) is 0 Å². The van der Waals surface area contributed by atoms with Crippen molar-refractivity contribution >= 4 is 10.0 Å². The number of hydrogen-bond acceptors (Lipinski definition) is 4. The number of sulfonamides is 1. The molecular weight excluding hydrogens is 314 g/mol. The lowest BCUT2D eigenvalue weighted by atomic mass is 10.2. The summed E-state index contributed by atoms with van der Waals surface area (Å²) in [4.78, 5) is 0. The number of aromatic nitrogens is 2. The van der Waals surface area contributed by atoms with Crippen LogP contribution in [0, 0.1) is 0 Å². The Morgan fingerprint density at radius 2 is 2.09 bits per heavy atom. The van der Waals surface area contributed by atoms with Crippen LogP contribution in [-0.4, -0.2) is 42.2 Å². The molecule has 0 spiro atoms. The van der Waals surface area contributed by atoms with E-state index in [0.717, 1.165) is 17.7 Å². The molecule has 1 atom stereocenters. The Balaban J connectivity index is 1.72. The first kappa shape index (κ1) is 16.2. The van der Waals surface area contributed by atoms with Gasteiger partial charge in [0.05, 0.1) is 24.7 Å². The van der Waals surface area contributed by atoms with Crippen molar-refractivity contribution in [3.8, 4) is 0 Å². The molecule has 0 aliphatic carbocycles. The largest absolute Gasteiger partial charge is 0.371 e. The van der Waals surface area contributed by atoms with Gasteiger partial charge in [-0.05, 0) is 12.5 Å². The Morgan fingerprint density at radius 1 is 1.30 bits per heavy atom. The number of ether oxygens (including phenoxy) is 1. The van der Waals surface area contributed by atoms with Crippen LogP contribution >= 0.6 is 0 Å². The molecule has 2 aromatic rings. The average molecular weight is 335 g/mol. The maximum atomic E-state index is 12.6. The third-order valence-electron chi connectivity index (χ3n) is 3.96. The van der Waals surface area contributed by atoms with Gasteiger partial charge in [-0.15, -0.1) is 0 Å². The SMILES string of the molecule is CCn1cc([C@@H]2CN(S(=O)(=O)Cc3ccccc3)CCO2)cn1. The van der Waals surface area contributed by atoms with Crippen molar-refractivity contribution in [3.05, 3.63) is 53.9 Å². The second-order valence-corrected chi connectivity index (χ2v) is 7.56. The summed E-state index contributed by atoms with van der Waals surface area (Å²) in [6, 6.07) is 9.26. The lowest BCUT2D eigenvalue weighted by molar-refractivity contribution is -0.00265. The molecule has 0 bridgehead atoms. The van der Waals surface area contributed by atoms with Crippen molar-refractivity contribution < 1.29 is 13.2 Å². The molecule has 6 nitrogen and oxygen atoms in total. The predicted octanol–water partition coefficient (Wildman–Crippen LogP) is 1.81. The molecule has 124 valence electrons. The first-order valence-electron chi connectivity index (χ1n) is 7.74. The maximum Gasteiger partial charge on any atom is 0.218 e. The van der Waals surface area contributed by atoms with Crippen molar-refractivity contribution in [2.45, 2.75) is 25.3 Å². The van der Waals surface area contributed by atoms with Gasteiger partial charge in [0.15, 0.2) is 0 Å². The quantitative estimate of drug-likeness (QED) is 0.836. The van der Waals surface area contributed by atoms with Crippen LogP contribution in [0.1, 0.15) is 24.2 Å². The first-order valence-corrected chi connectivity index (χ1v) is 9.35. The number of nitrogens with zero attached hydrogens (tertiary/aromatic N) is 3. The molecule has 0 amide bonds. The Labute approximate surface area is 136 Å². The summed E-state index contributed by atoms with van der Waals surface area (Å²) in [5, 5.41) is 4.23. The van der Waals surface area contributed by atoms with E-state index in [9.17, 15) is 8.42 Å². The van der Waals surface area contributed by atoms with E-state index >= 15 is 0 Å². The summed E-state index contributed by atoms with van der Waals surface area (Å²) in [7, 11) is -3.35. The van der Waals surface area contributed by atoms with E-state index in [1.54, 1.807) is 6.20 Å². The third-order valence-corrected chi connectivity index (χ3v) is 5.78. The third kappa shape index (κ3) is 3.80. The number of benzene rings is 1. The van der Waals surface area contributed by atoms with Gasteiger partial charge in [0, 0.05) is 31.4 Å². The summed E-state index contributed by atoms with van der Waals surface area (Å²) in [6.45, 7) is 3.92. The lowest BCUT2D eigenvalue weighted by Crippen LogP contribution is -2.42. The molecule has 2 heterocycles. The van der Waals surface area contributed by atoms with Crippen LogP contribution in [0.15, 0.2) is 42.7 Å². The number of morpholine rings is 1. The minimum absolute atomic E-state index is 0.0226. The number of rotatable bonds is 5. The highest BCUT2D eigenvalue weighted by atomic mass is 32.2. The van der Waals surface area contributed by atoms with Crippen LogP contribution in [0.5, 0.6) is 0 Å². The van der Waals surface area contributed by atoms with E-state index in [1.165, 1.54) is 4.31 Å². The minimum atomic E-state index is -3.35. The molecule has 1 aromatic carbocycles. The zero-order valence-corrected chi connectivity index (χ0v) is 13.9. The molecule has 1 aromatic heterocycles. The summed E-state index contributed by atoms with van der Waals surface area (Å²) in [5.41, 5.74) is 1.72. The smallest absolute Gasteiger partial charge is 0.218 e. The minimum Gasteiger partial charge on any atom is -0.371 e. The van der Waals surface area contributed by atoms with Crippen LogP contribution in [0.2, 0.25) is 0 Å². The number of aryl methyl sites for hydroxylation is 1. The Hall–Kier alpha value is -1.70. The van der Waals surface area contributed by atoms with E-state index in [2.05, 4.69) is 5.10 Å². The second kappa shape index (κ2) is 6.82. The van der Waals surface area contributed by atoms with Gasteiger partial charge in [-0.3, -0.25) is 4.68 Å². The highest BCUT2D eigenvalue weighted by molar-refractivity contribution is 7.88. The van der Waals surface area contributed by atoms with Crippen molar-refractivity contribution in [2.24, 2.45) is 0 Å². The molecule has 1 fully saturated rings.